The Bertz CT molecular complexity index is 1110. The van der Waals surface area contributed by atoms with Crippen molar-refractivity contribution in [2.24, 2.45) is 0 Å². The van der Waals surface area contributed by atoms with Crippen LogP contribution in [-0.4, -0.2) is 98.7 Å². The van der Waals surface area contributed by atoms with Gasteiger partial charge in [0.05, 0.1) is 25.4 Å². The Morgan fingerprint density at radius 1 is 0.574 bits per heavy atom. The smallest absolute Gasteiger partial charge is 0.249 e. The molecular formula is C51H93NO9. The third kappa shape index (κ3) is 30.8. The number of amides is 1. The van der Waals surface area contributed by atoms with Crippen LogP contribution in [0.15, 0.2) is 48.6 Å². The summed E-state index contributed by atoms with van der Waals surface area (Å²) in [6, 6.07) is -0.999. The molecule has 0 spiro atoms. The zero-order valence-electron chi connectivity index (χ0n) is 38.8. The Morgan fingerprint density at radius 2 is 1.02 bits per heavy atom. The third-order valence-corrected chi connectivity index (χ3v) is 11.7. The number of carbonyl (C=O) groups excluding carboxylic acids is 1. The molecule has 8 unspecified atom stereocenters. The van der Waals surface area contributed by atoms with Gasteiger partial charge in [0.25, 0.3) is 0 Å². The first kappa shape index (κ1) is 57.1. The van der Waals surface area contributed by atoms with Crippen LogP contribution in [0.4, 0.5) is 0 Å². The highest BCUT2D eigenvalue weighted by atomic mass is 16.7. The summed E-state index contributed by atoms with van der Waals surface area (Å²) >= 11 is 0. The second kappa shape index (κ2) is 40.9. The van der Waals surface area contributed by atoms with E-state index in [4.69, 9.17) is 9.47 Å². The Balaban J connectivity index is 2.32. The summed E-state index contributed by atoms with van der Waals surface area (Å²) in [6.45, 7) is 3.57. The van der Waals surface area contributed by atoms with Gasteiger partial charge in [0.15, 0.2) is 6.29 Å². The molecule has 1 aliphatic rings. The highest BCUT2D eigenvalue weighted by molar-refractivity contribution is 5.80. The topological polar surface area (TPSA) is 169 Å². The van der Waals surface area contributed by atoms with Gasteiger partial charge in [-0.15, -0.1) is 0 Å². The zero-order chi connectivity index (χ0) is 44.6. The molecule has 1 amide bonds. The first-order valence-corrected chi connectivity index (χ1v) is 25.0. The van der Waals surface area contributed by atoms with Gasteiger partial charge in [0, 0.05) is 0 Å². The quantitative estimate of drug-likeness (QED) is 0.0234. The van der Waals surface area contributed by atoms with Gasteiger partial charge in [0.2, 0.25) is 5.91 Å². The van der Waals surface area contributed by atoms with E-state index in [1.165, 1.54) is 128 Å². The van der Waals surface area contributed by atoms with E-state index < -0.39 is 61.5 Å². The van der Waals surface area contributed by atoms with Crippen LogP contribution < -0.4 is 5.32 Å². The van der Waals surface area contributed by atoms with Crippen LogP contribution in [0.25, 0.3) is 0 Å². The van der Waals surface area contributed by atoms with Crippen LogP contribution in [0, 0.1) is 0 Å². The highest BCUT2D eigenvalue weighted by Crippen LogP contribution is 2.23. The summed E-state index contributed by atoms with van der Waals surface area (Å²) < 4.78 is 11.1. The summed E-state index contributed by atoms with van der Waals surface area (Å²) in [6.07, 6.45) is 42.1. The minimum absolute atomic E-state index is 0.296. The van der Waals surface area contributed by atoms with Crippen molar-refractivity contribution in [1.29, 1.82) is 0 Å². The van der Waals surface area contributed by atoms with Crippen molar-refractivity contribution < 1.29 is 44.9 Å². The maximum atomic E-state index is 13.0. The molecular weight excluding hydrogens is 771 g/mol. The van der Waals surface area contributed by atoms with Gasteiger partial charge in [-0.3, -0.25) is 4.79 Å². The highest BCUT2D eigenvalue weighted by Gasteiger charge is 2.44. The summed E-state index contributed by atoms with van der Waals surface area (Å²) in [5, 5.41) is 64.6. The van der Waals surface area contributed by atoms with Crippen LogP contribution in [0.2, 0.25) is 0 Å². The molecule has 0 saturated carbocycles. The van der Waals surface area contributed by atoms with Gasteiger partial charge < -0.3 is 45.4 Å². The second-order valence-corrected chi connectivity index (χ2v) is 17.4. The summed E-state index contributed by atoms with van der Waals surface area (Å²) in [5.74, 6) is -0.633. The minimum atomic E-state index is -1.62. The van der Waals surface area contributed by atoms with Crippen molar-refractivity contribution in [2.75, 3.05) is 13.2 Å². The van der Waals surface area contributed by atoms with E-state index in [1.807, 2.05) is 6.08 Å². The van der Waals surface area contributed by atoms with Crippen LogP contribution in [-0.2, 0) is 14.3 Å². The molecule has 0 aromatic heterocycles. The first-order valence-electron chi connectivity index (χ1n) is 25.0. The number of aliphatic hydroxyl groups excluding tert-OH is 6. The lowest BCUT2D eigenvalue weighted by atomic mass is 9.99. The molecule has 8 atom stereocenters. The lowest BCUT2D eigenvalue weighted by Crippen LogP contribution is -2.60. The van der Waals surface area contributed by atoms with Crippen molar-refractivity contribution >= 4 is 5.91 Å². The Hall–Kier alpha value is -1.89. The normalized spacial score (nSPS) is 21.3. The van der Waals surface area contributed by atoms with E-state index in [0.29, 0.717) is 19.3 Å². The van der Waals surface area contributed by atoms with Crippen molar-refractivity contribution in [3.8, 4) is 0 Å². The number of allylic oxidation sites excluding steroid dienone is 7. The number of ether oxygens (including phenoxy) is 2. The third-order valence-electron chi connectivity index (χ3n) is 11.7. The average Bonchev–Trinajstić information content (AvgIpc) is 3.26. The maximum absolute atomic E-state index is 13.0. The van der Waals surface area contributed by atoms with Gasteiger partial charge in [-0.25, -0.2) is 0 Å². The lowest BCUT2D eigenvalue weighted by Gasteiger charge is -2.40. The van der Waals surface area contributed by atoms with E-state index in [-0.39, 0.29) is 6.61 Å². The summed E-state index contributed by atoms with van der Waals surface area (Å²) in [7, 11) is 0. The number of aliphatic hydroxyl groups is 6. The molecule has 1 rings (SSSR count). The molecule has 1 aliphatic heterocycles. The lowest BCUT2D eigenvalue weighted by molar-refractivity contribution is -0.302. The predicted octanol–water partition coefficient (Wildman–Crippen LogP) is 9.98. The van der Waals surface area contributed by atoms with Crippen LogP contribution in [0.5, 0.6) is 0 Å². The molecule has 0 bridgehead atoms. The maximum Gasteiger partial charge on any atom is 0.249 e. The van der Waals surface area contributed by atoms with E-state index in [0.717, 1.165) is 44.9 Å². The Labute approximate surface area is 372 Å². The van der Waals surface area contributed by atoms with Crippen LogP contribution >= 0.6 is 0 Å². The fourth-order valence-electron chi connectivity index (χ4n) is 7.62. The van der Waals surface area contributed by atoms with Gasteiger partial charge in [-0.2, -0.15) is 0 Å². The molecule has 61 heavy (non-hydrogen) atoms. The number of hydrogen-bond donors (Lipinski definition) is 7. The number of unbranched alkanes of at least 4 members (excludes halogenated alkanes) is 24. The molecule has 1 heterocycles. The van der Waals surface area contributed by atoms with Gasteiger partial charge >= 0.3 is 0 Å². The Morgan fingerprint density at radius 3 is 1.52 bits per heavy atom. The molecule has 10 heteroatoms. The van der Waals surface area contributed by atoms with Crippen LogP contribution in [0.1, 0.15) is 206 Å². The van der Waals surface area contributed by atoms with E-state index in [1.54, 1.807) is 6.08 Å². The molecule has 0 aliphatic carbocycles. The number of rotatable bonds is 41. The van der Waals surface area contributed by atoms with Crippen molar-refractivity contribution in [3.63, 3.8) is 0 Å². The van der Waals surface area contributed by atoms with Crippen molar-refractivity contribution in [3.05, 3.63) is 48.6 Å². The number of nitrogens with one attached hydrogen (secondary N) is 1. The molecule has 0 aromatic rings. The Kier molecular flexibility index (Phi) is 38.3. The van der Waals surface area contributed by atoms with E-state index in [2.05, 4.69) is 55.6 Å². The molecule has 1 fully saturated rings. The molecule has 356 valence electrons. The molecule has 7 N–H and O–H groups in total. The first-order chi connectivity index (χ1) is 29.8. The SMILES string of the molecule is CCCCCCCC/C=C/CC/C=C/C(O)C(COC1OC(CO)C(O)C(O)C1O)NC(=O)C(O)CCCCCCCCCC/C=C\C/C=C\CCCCCCCCCCC. The summed E-state index contributed by atoms with van der Waals surface area (Å²) in [4.78, 5) is 13.0. The van der Waals surface area contributed by atoms with Gasteiger partial charge in [-0.05, 0) is 64.2 Å². The zero-order valence-corrected chi connectivity index (χ0v) is 38.8. The summed E-state index contributed by atoms with van der Waals surface area (Å²) in [5.41, 5.74) is 0. The number of carbonyl (C=O) groups is 1. The number of hydrogen-bond acceptors (Lipinski definition) is 9. The standard InChI is InChI=1S/C51H93NO9/c1-3-5-7-9-11-13-15-17-18-19-20-21-22-23-24-25-26-27-28-30-32-34-36-38-40-45(55)50(59)52-43(42-60-51-49(58)48(57)47(56)46(41-53)61-51)44(54)39-37-35-33-31-29-16-14-12-10-8-6-4-2/h20-21,23-24,29,31,37,39,43-49,51,53-58H,3-19,22,25-28,30,32-36,38,40-42H2,1-2H3,(H,52,59)/b21-20-,24-23-,31-29+,39-37+. The average molecular weight is 864 g/mol. The van der Waals surface area contributed by atoms with Gasteiger partial charge in [0.1, 0.15) is 30.5 Å². The van der Waals surface area contributed by atoms with Gasteiger partial charge in [-0.1, -0.05) is 191 Å². The molecule has 0 aromatic carbocycles. The van der Waals surface area contributed by atoms with E-state index >= 15 is 0 Å². The second-order valence-electron chi connectivity index (χ2n) is 17.4. The fourth-order valence-corrected chi connectivity index (χ4v) is 7.62. The monoisotopic (exact) mass is 864 g/mol. The molecule has 10 nitrogen and oxygen atoms in total. The largest absolute Gasteiger partial charge is 0.394 e. The van der Waals surface area contributed by atoms with E-state index in [9.17, 15) is 35.4 Å². The molecule has 0 radical (unpaired) electrons. The predicted molar refractivity (Wildman–Crippen MR) is 250 cm³/mol. The van der Waals surface area contributed by atoms with Crippen molar-refractivity contribution in [2.45, 2.75) is 255 Å². The minimum Gasteiger partial charge on any atom is -0.394 e. The fraction of sp³-hybridized carbons (Fsp3) is 0.824. The van der Waals surface area contributed by atoms with Crippen molar-refractivity contribution in [1.82, 2.24) is 5.32 Å². The van der Waals surface area contributed by atoms with Crippen LogP contribution in [0.3, 0.4) is 0 Å². The molecule has 1 saturated heterocycles.